The van der Waals surface area contributed by atoms with Crippen LogP contribution in [0, 0.1) is 13.8 Å². The van der Waals surface area contributed by atoms with Crippen LogP contribution >= 0.6 is 23.2 Å². The minimum atomic E-state index is -0.509. The molecule has 0 saturated heterocycles. The number of anilines is 1. The molecule has 0 aliphatic carbocycles. The normalized spacial score (nSPS) is 10.7. The molecule has 112 valence electrons. The molecule has 2 aromatic rings. The minimum Gasteiger partial charge on any atom is -0.462 e. The second-order valence-electron chi connectivity index (χ2n) is 4.52. The van der Waals surface area contributed by atoms with Crippen molar-refractivity contribution in [1.29, 1.82) is 0 Å². The van der Waals surface area contributed by atoms with Crippen molar-refractivity contribution in [1.82, 2.24) is 9.78 Å². The van der Waals surface area contributed by atoms with Crippen LogP contribution in [0.1, 0.15) is 28.7 Å². The van der Waals surface area contributed by atoms with Crippen LogP contribution in [0.15, 0.2) is 12.1 Å². The van der Waals surface area contributed by atoms with Crippen LogP contribution in [0.4, 0.5) is 5.69 Å². The first kappa shape index (κ1) is 15.7. The molecule has 0 saturated carbocycles. The summed E-state index contributed by atoms with van der Waals surface area (Å²) in [5.41, 5.74) is 8.14. The molecular formula is C14H15Cl2N3O2. The molecule has 0 aliphatic heterocycles. The lowest BCUT2D eigenvalue weighted by atomic mass is 10.1. The quantitative estimate of drug-likeness (QED) is 0.691. The Kier molecular flexibility index (Phi) is 4.44. The van der Waals surface area contributed by atoms with Gasteiger partial charge in [0.2, 0.25) is 0 Å². The van der Waals surface area contributed by atoms with Crippen LogP contribution in [0.3, 0.4) is 0 Å². The van der Waals surface area contributed by atoms with Gasteiger partial charge >= 0.3 is 5.97 Å². The highest BCUT2D eigenvalue weighted by Crippen LogP contribution is 2.31. The zero-order valence-corrected chi connectivity index (χ0v) is 13.4. The van der Waals surface area contributed by atoms with E-state index in [1.165, 1.54) is 10.7 Å². The van der Waals surface area contributed by atoms with Gasteiger partial charge in [-0.2, -0.15) is 5.10 Å². The van der Waals surface area contributed by atoms with E-state index >= 15 is 0 Å². The largest absolute Gasteiger partial charge is 0.462 e. The summed E-state index contributed by atoms with van der Waals surface area (Å²) in [4.78, 5) is 12.1. The molecule has 0 atom stereocenters. The summed E-state index contributed by atoms with van der Waals surface area (Å²) in [5.74, 6) is -0.509. The maximum absolute atomic E-state index is 12.1. The van der Waals surface area contributed by atoms with Gasteiger partial charge in [-0.05, 0) is 32.9 Å². The van der Waals surface area contributed by atoms with Crippen LogP contribution in [0.2, 0.25) is 10.0 Å². The third-order valence-electron chi connectivity index (χ3n) is 3.00. The average Bonchev–Trinajstić information content (AvgIpc) is 2.66. The molecule has 1 aromatic carbocycles. The first-order chi connectivity index (χ1) is 9.86. The van der Waals surface area contributed by atoms with Crippen molar-refractivity contribution in [2.45, 2.75) is 20.8 Å². The van der Waals surface area contributed by atoms with Gasteiger partial charge < -0.3 is 10.5 Å². The Morgan fingerprint density at radius 1 is 1.38 bits per heavy atom. The first-order valence-corrected chi connectivity index (χ1v) is 7.10. The van der Waals surface area contributed by atoms with Crippen LogP contribution in [0.25, 0.3) is 5.69 Å². The summed E-state index contributed by atoms with van der Waals surface area (Å²) in [5, 5.41) is 5.16. The number of aryl methyl sites for hydroxylation is 1. The van der Waals surface area contributed by atoms with Crippen molar-refractivity contribution in [2.24, 2.45) is 0 Å². The number of nitrogens with two attached hydrogens (primary N) is 1. The highest BCUT2D eigenvalue weighted by molar-refractivity contribution is 6.34. The lowest BCUT2D eigenvalue weighted by Crippen LogP contribution is -2.12. The van der Waals surface area contributed by atoms with Crippen molar-refractivity contribution in [2.75, 3.05) is 12.3 Å². The SMILES string of the molecule is CCOC(=O)c1cc(N)cc(Cl)c1-n1nc(C)c(Cl)c1C. The standard InChI is InChI=1S/C14H15Cl2N3O2/c1-4-21-14(20)10-5-9(17)6-11(15)13(10)19-8(3)12(16)7(2)18-19/h5-6H,4,17H2,1-3H3. The Bertz CT molecular complexity index is 711. The molecule has 0 aliphatic rings. The number of carbonyl (C=O) groups excluding carboxylic acids is 1. The number of hydrogen-bond acceptors (Lipinski definition) is 4. The van der Waals surface area contributed by atoms with Crippen LogP contribution in [-0.4, -0.2) is 22.4 Å². The van der Waals surface area contributed by atoms with E-state index < -0.39 is 5.97 Å². The van der Waals surface area contributed by atoms with Gasteiger partial charge in [-0.1, -0.05) is 23.2 Å². The minimum absolute atomic E-state index is 0.253. The topological polar surface area (TPSA) is 70.1 Å². The van der Waals surface area contributed by atoms with Gasteiger partial charge in [0.1, 0.15) is 0 Å². The van der Waals surface area contributed by atoms with E-state index in [9.17, 15) is 4.79 Å². The number of carbonyl (C=O) groups is 1. The highest BCUT2D eigenvalue weighted by atomic mass is 35.5. The molecule has 5 nitrogen and oxygen atoms in total. The molecule has 2 N–H and O–H groups in total. The summed E-state index contributed by atoms with van der Waals surface area (Å²) >= 11 is 12.4. The first-order valence-electron chi connectivity index (χ1n) is 6.35. The van der Waals surface area contributed by atoms with Crippen molar-refractivity contribution >= 4 is 34.9 Å². The number of aromatic nitrogens is 2. The van der Waals surface area contributed by atoms with Gasteiger partial charge in [0.15, 0.2) is 0 Å². The molecule has 1 heterocycles. The Balaban J connectivity index is 2.72. The van der Waals surface area contributed by atoms with Crippen LogP contribution in [0.5, 0.6) is 0 Å². The zero-order valence-electron chi connectivity index (χ0n) is 11.9. The number of esters is 1. The van der Waals surface area contributed by atoms with Gasteiger partial charge in [0.05, 0.1) is 39.3 Å². The van der Waals surface area contributed by atoms with Crippen molar-refractivity contribution in [3.05, 3.63) is 39.1 Å². The molecule has 0 spiro atoms. The number of halogens is 2. The zero-order chi connectivity index (χ0) is 15.7. The number of rotatable bonds is 3. The van der Waals surface area contributed by atoms with Crippen LogP contribution in [-0.2, 0) is 4.74 Å². The molecular weight excluding hydrogens is 313 g/mol. The Morgan fingerprint density at radius 2 is 2.05 bits per heavy atom. The Labute approximate surface area is 132 Å². The monoisotopic (exact) mass is 327 g/mol. The fourth-order valence-electron chi connectivity index (χ4n) is 2.04. The average molecular weight is 328 g/mol. The number of nitrogen functional groups attached to an aromatic ring is 1. The molecule has 0 amide bonds. The predicted molar refractivity (Wildman–Crippen MR) is 83.4 cm³/mol. The molecule has 21 heavy (non-hydrogen) atoms. The molecule has 0 bridgehead atoms. The van der Waals surface area contributed by atoms with E-state index in [4.69, 9.17) is 33.7 Å². The molecule has 2 rings (SSSR count). The molecule has 0 radical (unpaired) electrons. The predicted octanol–water partition coefficient (Wildman–Crippen LogP) is 3.55. The molecule has 0 unspecified atom stereocenters. The summed E-state index contributed by atoms with van der Waals surface area (Å²) in [6.07, 6.45) is 0. The van der Waals surface area contributed by atoms with E-state index in [2.05, 4.69) is 5.10 Å². The summed E-state index contributed by atoms with van der Waals surface area (Å²) in [6.45, 7) is 5.55. The van der Waals surface area contributed by atoms with Gasteiger partial charge in [0.25, 0.3) is 0 Å². The van der Waals surface area contributed by atoms with Crippen molar-refractivity contribution < 1.29 is 9.53 Å². The van der Waals surface area contributed by atoms with Gasteiger partial charge in [-0.3, -0.25) is 0 Å². The third kappa shape index (κ3) is 2.84. The lowest BCUT2D eigenvalue weighted by molar-refractivity contribution is 0.0526. The van der Waals surface area contributed by atoms with Gasteiger partial charge in [-0.15, -0.1) is 0 Å². The van der Waals surface area contributed by atoms with Gasteiger partial charge in [-0.25, -0.2) is 9.48 Å². The van der Waals surface area contributed by atoms with Crippen molar-refractivity contribution in [3.8, 4) is 5.69 Å². The smallest absolute Gasteiger partial charge is 0.340 e. The van der Waals surface area contributed by atoms with Crippen molar-refractivity contribution in [3.63, 3.8) is 0 Å². The maximum Gasteiger partial charge on any atom is 0.340 e. The van der Waals surface area contributed by atoms with Crippen LogP contribution < -0.4 is 5.73 Å². The second-order valence-corrected chi connectivity index (χ2v) is 5.30. The highest BCUT2D eigenvalue weighted by Gasteiger charge is 2.22. The summed E-state index contributed by atoms with van der Waals surface area (Å²) < 4.78 is 6.58. The Hall–Kier alpha value is -1.72. The van der Waals surface area contributed by atoms with E-state index in [1.807, 2.05) is 0 Å². The fraction of sp³-hybridized carbons (Fsp3) is 0.286. The third-order valence-corrected chi connectivity index (χ3v) is 3.83. The Morgan fingerprint density at radius 3 is 2.57 bits per heavy atom. The summed E-state index contributed by atoms with van der Waals surface area (Å²) in [6, 6.07) is 3.08. The molecule has 0 fully saturated rings. The number of ether oxygens (including phenoxy) is 1. The second kappa shape index (κ2) is 5.95. The number of hydrogen-bond donors (Lipinski definition) is 1. The summed E-state index contributed by atoms with van der Waals surface area (Å²) in [7, 11) is 0. The van der Waals surface area contributed by atoms with E-state index in [0.29, 0.717) is 32.8 Å². The lowest BCUT2D eigenvalue weighted by Gasteiger charge is -2.13. The van der Waals surface area contributed by atoms with E-state index in [-0.39, 0.29) is 12.2 Å². The maximum atomic E-state index is 12.1. The fourth-order valence-corrected chi connectivity index (χ4v) is 2.47. The molecule has 1 aromatic heterocycles. The van der Waals surface area contributed by atoms with E-state index in [1.54, 1.807) is 26.8 Å². The number of nitrogens with zero attached hydrogens (tertiary/aromatic N) is 2. The van der Waals surface area contributed by atoms with Gasteiger partial charge in [0, 0.05) is 5.69 Å². The van der Waals surface area contributed by atoms with E-state index in [0.717, 1.165) is 0 Å². The number of benzene rings is 1. The molecule has 7 heteroatoms.